The van der Waals surface area contributed by atoms with Gasteiger partial charge in [-0.3, -0.25) is 9.59 Å². The van der Waals surface area contributed by atoms with Crippen LogP contribution in [0.2, 0.25) is 0 Å². The number of amides is 2. The lowest BCUT2D eigenvalue weighted by atomic mass is 10.2. The van der Waals surface area contributed by atoms with Crippen LogP contribution in [0.4, 0.5) is 13.2 Å². The zero-order valence-corrected chi connectivity index (χ0v) is 16.9. The number of likely N-dealkylation sites (N-methyl/N-ethyl adjacent to an activating group) is 1. The maximum absolute atomic E-state index is 12.6. The van der Waals surface area contributed by atoms with E-state index in [9.17, 15) is 22.8 Å². The Kier molecular flexibility index (Phi) is 6.09. The first-order valence-corrected chi connectivity index (χ1v) is 9.18. The van der Waals surface area contributed by atoms with E-state index in [1.807, 2.05) is 0 Å². The molecule has 0 bridgehead atoms. The molecular weight excluding hydrogens is 413 g/mol. The van der Waals surface area contributed by atoms with E-state index in [1.165, 1.54) is 11.0 Å². The van der Waals surface area contributed by atoms with Gasteiger partial charge in [0.2, 0.25) is 11.8 Å². The minimum atomic E-state index is -4.47. The van der Waals surface area contributed by atoms with Gasteiger partial charge < -0.3 is 15.0 Å². The number of halogens is 3. The van der Waals surface area contributed by atoms with Crippen LogP contribution in [0.15, 0.2) is 48.7 Å². The molecule has 2 amide bonds. The Hall–Kier alpha value is -3.69. The van der Waals surface area contributed by atoms with Crippen molar-refractivity contribution in [1.82, 2.24) is 20.2 Å². The summed E-state index contributed by atoms with van der Waals surface area (Å²) in [4.78, 5) is 33.6. The van der Waals surface area contributed by atoms with Gasteiger partial charge in [0, 0.05) is 31.7 Å². The Labute approximate surface area is 175 Å². The van der Waals surface area contributed by atoms with Crippen LogP contribution >= 0.6 is 0 Å². The molecule has 0 fully saturated rings. The van der Waals surface area contributed by atoms with Crippen molar-refractivity contribution in [2.24, 2.45) is 0 Å². The van der Waals surface area contributed by atoms with Gasteiger partial charge in [0.15, 0.2) is 0 Å². The van der Waals surface area contributed by atoms with E-state index >= 15 is 0 Å². The van der Waals surface area contributed by atoms with E-state index in [-0.39, 0.29) is 17.5 Å². The number of aromatic nitrogens is 2. The summed E-state index contributed by atoms with van der Waals surface area (Å²) in [5.41, 5.74) is -0.217. The number of hydrogen-bond acceptors (Lipinski definition) is 5. The second kappa shape index (κ2) is 8.58. The highest BCUT2D eigenvalue weighted by atomic mass is 19.4. The molecule has 0 saturated heterocycles. The van der Waals surface area contributed by atoms with Gasteiger partial charge in [-0.1, -0.05) is 6.07 Å². The smallest absolute Gasteiger partial charge is 0.417 e. The lowest BCUT2D eigenvalue weighted by molar-refractivity contribution is -0.137. The largest absolute Gasteiger partial charge is 0.439 e. The van der Waals surface area contributed by atoms with Crippen molar-refractivity contribution in [3.05, 3.63) is 59.9 Å². The summed E-state index contributed by atoms with van der Waals surface area (Å²) in [7, 11) is 3.19. The highest BCUT2D eigenvalue weighted by molar-refractivity contribution is 5.97. The maximum atomic E-state index is 12.6. The summed E-state index contributed by atoms with van der Waals surface area (Å²) in [6.07, 6.45) is -3.77. The van der Waals surface area contributed by atoms with E-state index in [0.717, 1.165) is 12.1 Å². The molecule has 0 aliphatic carbocycles. The van der Waals surface area contributed by atoms with Gasteiger partial charge in [-0.15, -0.1) is 0 Å². The summed E-state index contributed by atoms with van der Waals surface area (Å²) in [5, 5.41) is 3.25. The topological polar surface area (TPSA) is 84.4 Å². The molecule has 0 aliphatic heterocycles. The van der Waals surface area contributed by atoms with Crippen molar-refractivity contribution in [2.45, 2.75) is 19.1 Å². The Morgan fingerprint density at radius 2 is 1.84 bits per heavy atom. The molecule has 1 aromatic carbocycles. The molecule has 0 aliphatic rings. The molecular formula is C21H19F3N4O3. The minimum absolute atomic E-state index is 0.0101. The number of alkyl halides is 3. The van der Waals surface area contributed by atoms with E-state index in [1.54, 1.807) is 45.3 Å². The Morgan fingerprint density at radius 1 is 1.10 bits per heavy atom. The lowest BCUT2D eigenvalue weighted by Gasteiger charge is -2.17. The van der Waals surface area contributed by atoms with Crippen molar-refractivity contribution >= 4 is 22.7 Å². The van der Waals surface area contributed by atoms with Crippen LogP contribution < -0.4 is 10.1 Å². The van der Waals surface area contributed by atoms with Crippen LogP contribution in [0, 0.1) is 0 Å². The summed E-state index contributed by atoms with van der Waals surface area (Å²) >= 11 is 0. The van der Waals surface area contributed by atoms with Gasteiger partial charge >= 0.3 is 6.18 Å². The molecule has 3 rings (SSSR count). The zero-order chi connectivity index (χ0) is 22.8. The van der Waals surface area contributed by atoms with Gasteiger partial charge in [0.25, 0.3) is 5.91 Å². The van der Waals surface area contributed by atoms with Gasteiger partial charge in [-0.2, -0.15) is 13.2 Å². The van der Waals surface area contributed by atoms with Gasteiger partial charge in [0.1, 0.15) is 17.5 Å². The second-order valence-corrected chi connectivity index (χ2v) is 6.96. The number of carbonyl (C=O) groups is 2. The number of hydrogen-bond donors (Lipinski definition) is 1. The van der Waals surface area contributed by atoms with Crippen molar-refractivity contribution in [1.29, 1.82) is 0 Å². The molecule has 3 aromatic rings. The molecule has 162 valence electrons. The van der Waals surface area contributed by atoms with E-state index < -0.39 is 23.7 Å². The fourth-order valence-electron chi connectivity index (χ4n) is 2.74. The molecule has 1 N–H and O–H groups in total. The predicted molar refractivity (Wildman–Crippen MR) is 107 cm³/mol. The number of nitrogens with one attached hydrogen (secondary N) is 1. The third-order valence-electron chi connectivity index (χ3n) is 4.34. The summed E-state index contributed by atoms with van der Waals surface area (Å²) in [5.74, 6) is -0.369. The molecule has 1 atom stereocenters. The SMILES string of the molecule is CC(NC(=O)c1ccc2cc(Oc3ccc(C(F)(F)F)cn3)ccc2n1)C(=O)N(C)C. The average molecular weight is 432 g/mol. The van der Waals surface area contributed by atoms with Crippen LogP contribution in [-0.2, 0) is 11.0 Å². The number of carbonyl (C=O) groups excluding carboxylic acids is 2. The first-order valence-electron chi connectivity index (χ1n) is 9.18. The molecule has 31 heavy (non-hydrogen) atoms. The first kappa shape index (κ1) is 22.0. The number of fused-ring (bicyclic) bond motifs is 1. The molecule has 0 spiro atoms. The monoisotopic (exact) mass is 432 g/mol. The van der Waals surface area contributed by atoms with Crippen LogP contribution in [0.1, 0.15) is 23.0 Å². The molecule has 7 nitrogen and oxygen atoms in total. The fraction of sp³-hybridized carbons (Fsp3) is 0.238. The molecule has 2 heterocycles. The standard InChI is InChI=1S/C21H19F3N4O3/c1-12(20(30)28(2)3)26-19(29)17-7-4-13-10-15(6-8-16(13)27-17)31-18-9-5-14(11-25-18)21(22,23)24/h4-12H,1-3H3,(H,26,29). The maximum Gasteiger partial charge on any atom is 0.417 e. The van der Waals surface area contributed by atoms with E-state index in [4.69, 9.17) is 4.74 Å². The van der Waals surface area contributed by atoms with Crippen molar-refractivity contribution in [3.63, 3.8) is 0 Å². The van der Waals surface area contributed by atoms with Crippen molar-refractivity contribution in [3.8, 4) is 11.6 Å². The Bertz CT molecular complexity index is 1120. The predicted octanol–water partition coefficient (Wildman–Crippen LogP) is 3.65. The number of ether oxygens (including phenoxy) is 1. The van der Waals surface area contributed by atoms with Crippen LogP contribution in [0.5, 0.6) is 11.6 Å². The van der Waals surface area contributed by atoms with Crippen molar-refractivity contribution in [2.75, 3.05) is 14.1 Å². The quantitative estimate of drug-likeness (QED) is 0.666. The van der Waals surface area contributed by atoms with E-state index in [2.05, 4.69) is 15.3 Å². The fourth-order valence-corrected chi connectivity index (χ4v) is 2.74. The lowest BCUT2D eigenvalue weighted by Crippen LogP contribution is -2.44. The van der Waals surface area contributed by atoms with Crippen molar-refractivity contribution < 1.29 is 27.5 Å². The number of nitrogens with zero attached hydrogens (tertiary/aromatic N) is 3. The van der Waals surface area contributed by atoms with Gasteiger partial charge in [-0.05, 0) is 37.3 Å². The van der Waals surface area contributed by atoms with Crippen LogP contribution in [-0.4, -0.2) is 46.8 Å². The third-order valence-corrected chi connectivity index (χ3v) is 4.34. The molecule has 10 heteroatoms. The average Bonchev–Trinajstić information content (AvgIpc) is 2.72. The first-order chi connectivity index (χ1) is 14.5. The Balaban J connectivity index is 1.74. The molecule has 2 aromatic heterocycles. The highest BCUT2D eigenvalue weighted by Crippen LogP contribution is 2.30. The van der Waals surface area contributed by atoms with E-state index in [0.29, 0.717) is 22.8 Å². The molecule has 0 radical (unpaired) electrons. The Morgan fingerprint density at radius 3 is 2.45 bits per heavy atom. The molecule has 0 saturated carbocycles. The molecule has 1 unspecified atom stereocenters. The second-order valence-electron chi connectivity index (χ2n) is 6.96. The summed E-state index contributed by atoms with van der Waals surface area (Å²) < 4.78 is 43.4. The number of pyridine rings is 2. The highest BCUT2D eigenvalue weighted by Gasteiger charge is 2.30. The summed E-state index contributed by atoms with van der Waals surface area (Å²) in [6.45, 7) is 1.58. The zero-order valence-electron chi connectivity index (χ0n) is 16.9. The summed E-state index contributed by atoms with van der Waals surface area (Å²) in [6, 6.07) is 9.28. The number of benzene rings is 1. The van der Waals surface area contributed by atoms with Gasteiger partial charge in [-0.25, -0.2) is 9.97 Å². The van der Waals surface area contributed by atoms with Gasteiger partial charge in [0.05, 0.1) is 11.1 Å². The normalized spacial score (nSPS) is 12.3. The number of rotatable bonds is 5. The van der Waals surface area contributed by atoms with Crippen LogP contribution in [0.3, 0.4) is 0 Å². The third kappa shape index (κ3) is 5.27. The minimum Gasteiger partial charge on any atom is -0.439 e. The van der Waals surface area contributed by atoms with Crippen LogP contribution in [0.25, 0.3) is 10.9 Å².